The first-order valence-electron chi connectivity index (χ1n) is 43.9. The number of ether oxygens (including phenoxy) is 17. The number of rotatable bonds is 11. The van der Waals surface area contributed by atoms with E-state index in [-0.39, 0.29) is 0 Å². The standard InChI is InChI=1S/C21H23NO5.2C21H25NO2.2C20H21NO4/c1-23-19-8-13-6-16-14-9-18-17(26-11-27-18)7-12(14)4-5-22(16)10-15(13)20(24-2)21(19)25-3;2*1-13-7-14(2)18-12-22-6-5-15-10-20(23-3)21(24-4)11-17(15)19(22)9-16(18)8-13;1-22-17-7-13-5-16-15-9-20-19(24-11-25-20)6-12(15)3-4-21(16)10-14(13)8-18(17)23-2;1-22-17-6-12-3-4-21-10-14-8-20-19(24-11-25-20)7-13(14)5-16(21)15(12)9-18(17)23-2/h7-9,16H,4-6,10-11H2,1-3H3;2*7-8,10-11,19H,5-6,9,12H2,1-4H3;2*6-9,16H,3-5,10-11H2,1-2H3/t16-;19-;;16-;/m00.0./s1. The van der Waals surface area contributed by atoms with Gasteiger partial charge in [0, 0.05) is 101 Å². The average molecular weight is 1700 g/mol. The fourth-order valence-corrected chi connectivity index (χ4v) is 22.0. The molecule has 0 radical (unpaired) electrons. The van der Waals surface area contributed by atoms with Crippen molar-refractivity contribution in [3.05, 3.63) is 249 Å². The number of hydrogen-bond donors (Lipinski definition) is 0. The Kier molecular flexibility index (Phi) is 23.2. The summed E-state index contributed by atoms with van der Waals surface area (Å²) in [4.78, 5) is 12.9. The molecule has 23 rings (SSSR count). The van der Waals surface area contributed by atoms with Gasteiger partial charge >= 0.3 is 0 Å². The lowest BCUT2D eigenvalue weighted by Crippen LogP contribution is -2.39. The van der Waals surface area contributed by atoms with Crippen LogP contribution < -0.4 is 80.5 Å². The summed E-state index contributed by atoms with van der Waals surface area (Å²) in [6.07, 6.45) is 10.3. The maximum Gasteiger partial charge on any atom is 0.231 e. The maximum absolute atomic E-state index is 5.72. The van der Waals surface area contributed by atoms with Crippen molar-refractivity contribution in [1.82, 2.24) is 24.5 Å². The summed E-state index contributed by atoms with van der Waals surface area (Å²) < 4.78 is 94.3. The molecule has 10 aromatic carbocycles. The lowest BCUT2D eigenvalue weighted by atomic mass is 9.82. The minimum absolute atomic E-state index is 0.309. The van der Waals surface area contributed by atoms with Gasteiger partial charge in [-0.2, -0.15) is 0 Å². The lowest BCUT2D eigenvalue weighted by Gasteiger charge is -2.42. The molecule has 654 valence electrons. The Morgan fingerprint density at radius 2 is 0.472 bits per heavy atom. The summed E-state index contributed by atoms with van der Waals surface area (Å²) >= 11 is 0. The summed E-state index contributed by atoms with van der Waals surface area (Å²) in [5.41, 5.74) is 33.3. The summed E-state index contributed by atoms with van der Waals surface area (Å²) in [7, 11) is 18.6. The van der Waals surface area contributed by atoms with E-state index in [1.54, 1.807) is 78.2 Å². The van der Waals surface area contributed by atoms with Crippen LogP contribution in [0.25, 0.3) is 0 Å². The Bertz CT molecular complexity index is 5690. The van der Waals surface area contributed by atoms with Crippen molar-refractivity contribution in [3.63, 3.8) is 0 Å². The molecule has 125 heavy (non-hydrogen) atoms. The van der Waals surface area contributed by atoms with Gasteiger partial charge in [-0.15, -0.1) is 0 Å². The molecule has 0 saturated carbocycles. The van der Waals surface area contributed by atoms with Gasteiger partial charge in [0.1, 0.15) is 0 Å². The van der Waals surface area contributed by atoms with Crippen molar-refractivity contribution in [1.29, 1.82) is 0 Å². The Morgan fingerprint density at radius 1 is 0.224 bits per heavy atom. The van der Waals surface area contributed by atoms with E-state index in [1.165, 1.54) is 134 Å². The van der Waals surface area contributed by atoms with Crippen LogP contribution >= 0.6 is 0 Å². The third-order valence-electron chi connectivity index (χ3n) is 28.3. The minimum atomic E-state index is 0.309. The van der Waals surface area contributed by atoms with E-state index in [0.29, 0.717) is 62.1 Å². The highest BCUT2D eigenvalue weighted by atomic mass is 16.7. The molecule has 13 aliphatic rings. The highest BCUT2D eigenvalue weighted by Crippen LogP contribution is 2.54. The summed E-state index contributed by atoms with van der Waals surface area (Å²) in [6.45, 7) is 20.0. The lowest BCUT2D eigenvalue weighted by molar-refractivity contribution is 0.157. The monoisotopic (exact) mass is 1690 g/mol. The van der Waals surface area contributed by atoms with E-state index in [2.05, 4.69) is 167 Å². The van der Waals surface area contributed by atoms with E-state index in [1.807, 2.05) is 0 Å². The molecule has 2 unspecified atom stereocenters. The van der Waals surface area contributed by atoms with Gasteiger partial charge in [-0.25, -0.2) is 0 Å². The Labute approximate surface area is 733 Å². The predicted molar refractivity (Wildman–Crippen MR) is 477 cm³/mol. The molecule has 0 N–H and O–H groups in total. The van der Waals surface area contributed by atoms with E-state index < -0.39 is 0 Å². The second kappa shape index (κ2) is 34.9. The van der Waals surface area contributed by atoms with Crippen molar-refractivity contribution in [2.24, 2.45) is 0 Å². The molecule has 13 aliphatic heterocycles. The van der Waals surface area contributed by atoms with Crippen LogP contribution in [0.4, 0.5) is 0 Å². The fourth-order valence-electron chi connectivity index (χ4n) is 22.0. The van der Waals surface area contributed by atoms with Gasteiger partial charge in [-0.05, 0) is 300 Å². The molecule has 0 aliphatic carbocycles. The molecule has 5 atom stereocenters. The molecule has 0 bridgehead atoms. The van der Waals surface area contributed by atoms with E-state index in [0.717, 1.165) is 216 Å². The molecule has 0 aromatic heterocycles. The van der Waals surface area contributed by atoms with Crippen molar-refractivity contribution in [2.45, 2.75) is 155 Å². The van der Waals surface area contributed by atoms with Gasteiger partial charge in [-0.3, -0.25) is 24.5 Å². The maximum atomic E-state index is 5.72. The summed E-state index contributed by atoms with van der Waals surface area (Å²) in [5.74, 6) is 14.0. The first-order valence-corrected chi connectivity index (χ1v) is 43.9. The topological polar surface area (TPSA) is 173 Å². The van der Waals surface area contributed by atoms with Crippen LogP contribution in [0.2, 0.25) is 0 Å². The minimum Gasteiger partial charge on any atom is -0.493 e. The first-order chi connectivity index (χ1) is 61.0. The number of benzene rings is 10. The van der Waals surface area contributed by atoms with Gasteiger partial charge in [0.15, 0.2) is 92.0 Å². The van der Waals surface area contributed by atoms with Crippen molar-refractivity contribution >= 4 is 0 Å². The molecule has 22 nitrogen and oxygen atoms in total. The van der Waals surface area contributed by atoms with E-state index in [9.17, 15) is 0 Å². The number of methoxy groups -OCH3 is 11. The highest BCUT2D eigenvalue weighted by Gasteiger charge is 2.42. The summed E-state index contributed by atoms with van der Waals surface area (Å²) in [6, 6.07) is 43.7. The van der Waals surface area contributed by atoms with Gasteiger partial charge in [0.2, 0.25) is 26.1 Å². The highest BCUT2D eigenvalue weighted by molar-refractivity contribution is 5.63. The number of hydrogen-bond acceptors (Lipinski definition) is 22. The van der Waals surface area contributed by atoms with Gasteiger partial charge in [0.25, 0.3) is 0 Å². The number of nitrogens with zero attached hydrogens (tertiary/aromatic N) is 5. The molecule has 0 amide bonds. The Balaban J connectivity index is 0.000000102. The first kappa shape index (κ1) is 83.2. The molecule has 22 heteroatoms. The smallest absolute Gasteiger partial charge is 0.231 e. The molecule has 13 heterocycles. The molecule has 10 aromatic rings. The van der Waals surface area contributed by atoms with Crippen LogP contribution in [-0.2, 0) is 96.9 Å². The van der Waals surface area contributed by atoms with Crippen LogP contribution in [0.5, 0.6) is 97.7 Å². The zero-order valence-electron chi connectivity index (χ0n) is 74.8. The van der Waals surface area contributed by atoms with Gasteiger partial charge in [0.05, 0.1) is 78.2 Å². The van der Waals surface area contributed by atoms with Crippen LogP contribution in [0.15, 0.2) is 115 Å². The SMILES string of the molecule is COc1cc2c(c(OC)c1OC)CN1CCc3cc4c(cc3[C@@H]1C2)OCO4.COc1cc2c(cc1OC)C1Cc3cc(C)cc(C)c3CN1CC2.COc1cc2c(cc1OC)C1Cc3cc4c(cc3CN1CC2)OCO4.COc1cc2c(cc1OC)CN1CCc3cc4c(cc3[C@@H]1C2)OCO4.COc1cc2c(cc1OC)[C@@H]1Cc3cc(C)cc(C)c3CN1CC2. The van der Waals surface area contributed by atoms with Gasteiger partial charge < -0.3 is 80.5 Å². The molecule has 0 fully saturated rings. The molecular formula is C103H115N5O17. The zero-order chi connectivity index (χ0) is 86.2. The average Bonchev–Trinajstić information content (AvgIpc) is 1.74. The normalized spacial score (nSPS) is 19.8. The second-order valence-corrected chi connectivity index (χ2v) is 34.9. The van der Waals surface area contributed by atoms with Crippen molar-refractivity contribution < 1.29 is 80.5 Å². The molecule has 0 saturated heterocycles. The predicted octanol–water partition coefficient (Wildman–Crippen LogP) is 17.2. The quantitative estimate of drug-likeness (QED) is 0.119. The zero-order valence-corrected chi connectivity index (χ0v) is 74.8. The molecular weight excluding hydrogens is 1580 g/mol. The Hall–Kier alpha value is -11.4. The fraction of sp³-hybridized carbons (Fsp3) is 0.417. The van der Waals surface area contributed by atoms with Crippen LogP contribution in [-0.4, -0.2) is 156 Å². The largest absolute Gasteiger partial charge is 0.493 e. The van der Waals surface area contributed by atoms with Crippen molar-refractivity contribution in [3.8, 4) is 97.7 Å². The third-order valence-corrected chi connectivity index (χ3v) is 28.3. The van der Waals surface area contributed by atoms with Gasteiger partial charge in [-0.1, -0.05) is 35.4 Å². The van der Waals surface area contributed by atoms with Crippen LogP contribution in [0.1, 0.15) is 164 Å². The molecule has 0 spiro atoms. The summed E-state index contributed by atoms with van der Waals surface area (Å²) in [5, 5.41) is 0. The third kappa shape index (κ3) is 15.6. The van der Waals surface area contributed by atoms with Crippen LogP contribution in [0.3, 0.4) is 0 Å². The Morgan fingerprint density at radius 3 is 0.824 bits per heavy atom. The number of aryl methyl sites for hydroxylation is 4. The number of fused-ring (bicyclic) bond motifs is 23. The van der Waals surface area contributed by atoms with Crippen molar-refractivity contribution in [2.75, 3.05) is 131 Å². The second-order valence-electron chi connectivity index (χ2n) is 34.9. The van der Waals surface area contributed by atoms with E-state index >= 15 is 0 Å². The van der Waals surface area contributed by atoms with E-state index in [4.69, 9.17) is 80.5 Å². The van der Waals surface area contributed by atoms with Crippen LogP contribution in [0, 0.1) is 27.7 Å².